The number of methoxy groups -OCH3 is 1. The first-order valence-electron chi connectivity index (χ1n) is 8.63. The molecule has 0 radical (unpaired) electrons. The number of carbonyl (C=O) groups excluding carboxylic acids is 1. The normalized spacial score (nSPS) is 12.2. The van der Waals surface area contributed by atoms with Crippen LogP contribution in [0.4, 0.5) is 0 Å². The van der Waals surface area contributed by atoms with Crippen LogP contribution in [0.2, 0.25) is 0 Å². The minimum atomic E-state index is -0.580. The number of benzene rings is 2. The summed E-state index contributed by atoms with van der Waals surface area (Å²) in [5.74, 6) is 0.694. The maximum Gasteiger partial charge on any atom is 0.270 e. The minimum absolute atomic E-state index is 0.0667. The predicted molar refractivity (Wildman–Crippen MR) is 102 cm³/mol. The maximum absolute atomic E-state index is 12.8. The molecular formula is C21H24N2O3. The summed E-state index contributed by atoms with van der Waals surface area (Å²) in [4.78, 5) is 14.5. The maximum atomic E-state index is 12.8. The summed E-state index contributed by atoms with van der Waals surface area (Å²) in [7, 11) is 5.27. The number of aliphatic hydroxyl groups is 1. The SMILES string of the molecule is COc1ccc2cc(C(=O)N(C)CCC(O)c3ccccc3)n(C)c2c1. The van der Waals surface area contributed by atoms with Gasteiger partial charge in [0, 0.05) is 32.1 Å². The monoisotopic (exact) mass is 352 g/mol. The second-order valence-corrected chi connectivity index (χ2v) is 6.46. The Balaban J connectivity index is 1.72. The van der Waals surface area contributed by atoms with Crippen LogP contribution >= 0.6 is 0 Å². The minimum Gasteiger partial charge on any atom is -0.497 e. The highest BCUT2D eigenvalue weighted by Gasteiger charge is 2.18. The molecule has 1 aromatic heterocycles. The molecule has 0 aliphatic rings. The molecule has 2 aromatic carbocycles. The van der Waals surface area contributed by atoms with E-state index in [0.717, 1.165) is 22.2 Å². The number of fused-ring (bicyclic) bond motifs is 1. The summed E-state index contributed by atoms with van der Waals surface area (Å²) in [5.41, 5.74) is 2.43. The van der Waals surface area contributed by atoms with E-state index >= 15 is 0 Å². The molecular weight excluding hydrogens is 328 g/mol. The average molecular weight is 352 g/mol. The second-order valence-electron chi connectivity index (χ2n) is 6.46. The van der Waals surface area contributed by atoms with E-state index in [-0.39, 0.29) is 5.91 Å². The molecule has 1 N–H and O–H groups in total. The standard InChI is InChI=1S/C21H24N2O3/c1-22(12-11-20(24)15-7-5-4-6-8-15)21(25)19-13-16-9-10-17(26-3)14-18(16)23(19)2/h4-10,13-14,20,24H,11-12H2,1-3H3. The number of hydrogen-bond donors (Lipinski definition) is 1. The van der Waals surface area contributed by atoms with Crippen molar-refractivity contribution in [2.45, 2.75) is 12.5 Å². The van der Waals surface area contributed by atoms with E-state index in [9.17, 15) is 9.90 Å². The summed E-state index contributed by atoms with van der Waals surface area (Å²) < 4.78 is 7.14. The molecule has 1 unspecified atom stereocenters. The highest BCUT2D eigenvalue weighted by molar-refractivity contribution is 5.98. The number of aromatic nitrogens is 1. The van der Waals surface area contributed by atoms with Crippen molar-refractivity contribution in [2.24, 2.45) is 7.05 Å². The Bertz CT molecular complexity index is 902. The van der Waals surface area contributed by atoms with Gasteiger partial charge < -0.3 is 19.3 Å². The summed E-state index contributed by atoms with van der Waals surface area (Å²) in [6.45, 7) is 0.472. The van der Waals surface area contributed by atoms with Gasteiger partial charge in [0.1, 0.15) is 11.4 Å². The van der Waals surface area contributed by atoms with Crippen LogP contribution in [0.3, 0.4) is 0 Å². The van der Waals surface area contributed by atoms with Crippen molar-refractivity contribution < 1.29 is 14.6 Å². The topological polar surface area (TPSA) is 54.7 Å². The summed E-state index contributed by atoms with van der Waals surface area (Å²) in [5, 5.41) is 11.3. The van der Waals surface area contributed by atoms with Crippen LogP contribution in [0.1, 0.15) is 28.6 Å². The van der Waals surface area contributed by atoms with Gasteiger partial charge in [-0.05, 0) is 30.2 Å². The van der Waals surface area contributed by atoms with Gasteiger partial charge in [0.15, 0.2) is 0 Å². The van der Waals surface area contributed by atoms with Crippen LogP contribution in [0, 0.1) is 0 Å². The van der Waals surface area contributed by atoms with Crippen molar-refractivity contribution >= 4 is 16.8 Å². The van der Waals surface area contributed by atoms with Gasteiger partial charge >= 0.3 is 0 Å². The Labute approximate surface area is 153 Å². The lowest BCUT2D eigenvalue weighted by Gasteiger charge is -2.20. The van der Waals surface area contributed by atoms with Crippen molar-refractivity contribution in [3.8, 4) is 5.75 Å². The number of aryl methyl sites for hydroxylation is 1. The van der Waals surface area contributed by atoms with Gasteiger partial charge in [-0.25, -0.2) is 0 Å². The fourth-order valence-corrected chi connectivity index (χ4v) is 3.10. The lowest BCUT2D eigenvalue weighted by atomic mass is 10.1. The largest absolute Gasteiger partial charge is 0.497 e. The Hall–Kier alpha value is -2.79. The fourth-order valence-electron chi connectivity index (χ4n) is 3.10. The molecule has 0 bridgehead atoms. The number of ether oxygens (including phenoxy) is 1. The predicted octanol–water partition coefficient (Wildman–Crippen LogP) is 3.38. The van der Waals surface area contributed by atoms with Crippen LogP contribution in [0.15, 0.2) is 54.6 Å². The van der Waals surface area contributed by atoms with E-state index in [1.807, 2.05) is 66.2 Å². The zero-order valence-corrected chi connectivity index (χ0v) is 15.3. The molecule has 1 heterocycles. The van der Waals surface area contributed by atoms with Crippen LogP contribution in [0.5, 0.6) is 5.75 Å². The van der Waals surface area contributed by atoms with E-state index < -0.39 is 6.10 Å². The van der Waals surface area contributed by atoms with Crippen LogP contribution in [-0.2, 0) is 7.05 Å². The Morgan fingerprint density at radius 1 is 1.19 bits per heavy atom. The highest BCUT2D eigenvalue weighted by atomic mass is 16.5. The third-order valence-electron chi connectivity index (χ3n) is 4.74. The molecule has 0 aliphatic carbocycles. The molecule has 3 rings (SSSR count). The average Bonchev–Trinajstić information content (AvgIpc) is 3.01. The molecule has 5 nitrogen and oxygen atoms in total. The quantitative estimate of drug-likeness (QED) is 0.740. The smallest absolute Gasteiger partial charge is 0.270 e. The first-order valence-corrected chi connectivity index (χ1v) is 8.63. The van der Waals surface area contributed by atoms with Gasteiger partial charge in [-0.1, -0.05) is 30.3 Å². The number of amides is 1. The molecule has 3 aromatic rings. The van der Waals surface area contributed by atoms with Crippen LogP contribution in [0.25, 0.3) is 10.9 Å². The summed E-state index contributed by atoms with van der Waals surface area (Å²) in [6, 6.07) is 17.1. The van der Waals surface area contributed by atoms with E-state index in [1.165, 1.54) is 0 Å². The molecule has 0 aliphatic heterocycles. The summed E-state index contributed by atoms with van der Waals surface area (Å²) in [6.07, 6.45) is -0.0903. The van der Waals surface area contributed by atoms with Gasteiger partial charge in [-0.2, -0.15) is 0 Å². The van der Waals surface area contributed by atoms with E-state index in [0.29, 0.717) is 18.7 Å². The van der Waals surface area contributed by atoms with Crippen molar-refractivity contribution in [2.75, 3.05) is 20.7 Å². The van der Waals surface area contributed by atoms with Crippen molar-refractivity contribution in [1.82, 2.24) is 9.47 Å². The van der Waals surface area contributed by atoms with Gasteiger partial charge in [-0.3, -0.25) is 4.79 Å². The first kappa shape index (κ1) is 18.0. The first-order chi connectivity index (χ1) is 12.5. The van der Waals surface area contributed by atoms with Gasteiger partial charge in [0.05, 0.1) is 18.7 Å². The fraction of sp³-hybridized carbons (Fsp3) is 0.286. The highest BCUT2D eigenvalue weighted by Crippen LogP contribution is 2.24. The van der Waals surface area contributed by atoms with E-state index in [1.54, 1.807) is 19.1 Å². The third kappa shape index (κ3) is 3.58. The van der Waals surface area contributed by atoms with Crippen LogP contribution < -0.4 is 4.74 Å². The molecule has 0 spiro atoms. The zero-order valence-electron chi connectivity index (χ0n) is 15.3. The lowest BCUT2D eigenvalue weighted by Crippen LogP contribution is -2.30. The lowest BCUT2D eigenvalue weighted by molar-refractivity contribution is 0.0752. The number of aliphatic hydroxyl groups excluding tert-OH is 1. The molecule has 136 valence electrons. The second kappa shape index (κ2) is 7.62. The van der Waals surface area contributed by atoms with Gasteiger partial charge in [0.2, 0.25) is 0 Å². The number of hydrogen-bond acceptors (Lipinski definition) is 3. The Morgan fingerprint density at radius 3 is 2.62 bits per heavy atom. The molecule has 1 amide bonds. The van der Waals surface area contributed by atoms with E-state index in [4.69, 9.17) is 4.74 Å². The molecule has 0 fully saturated rings. The van der Waals surface area contributed by atoms with Crippen molar-refractivity contribution in [3.05, 3.63) is 65.9 Å². The van der Waals surface area contributed by atoms with Gasteiger partial charge in [-0.15, -0.1) is 0 Å². The molecule has 5 heteroatoms. The number of carbonyl (C=O) groups is 1. The summed E-state index contributed by atoms with van der Waals surface area (Å²) >= 11 is 0. The molecule has 26 heavy (non-hydrogen) atoms. The third-order valence-corrected chi connectivity index (χ3v) is 4.74. The number of nitrogens with zero attached hydrogens (tertiary/aromatic N) is 2. The molecule has 0 saturated carbocycles. The van der Waals surface area contributed by atoms with Crippen molar-refractivity contribution in [1.29, 1.82) is 0 Å². The van der Waals surface area contributed by atoms with Crippen molar-refractivity contribution in [3.63, 3.8) is 0 Å². The Kier molecular flexibility index (Phi) is 5.28. The number of rotatable bonds is 6. The zero-order chi connectivity index (χ0) is 18.7. The molecule has 1 atom stereocenters. The Morgan fingerprint density at radius 2 is 1.92 bits per heavy atom. The van der Waals surface area contributed by atoms with Crippen LogP contribution in [-0.4, -0.2) is 41.2 Å². The van der Waals surface area contributed by atoms with E-state index in [2.05, 4.69) is 0 Å². The van der Waals surface area contributed by atoms with Gasteiger partial charge in [0.25, 0.3) is 5.91 Å². The molecule has 0 saturated heterocycles.